The maximum atomic E-state index is 12.7. The molecule has 2 heterocycles. The van der Waals surface area contributed by atoms with E-state index in [1.54, 1.807) is 24.3 Å². The Morgan fingerprint density at radius 3 is 2.75 bits per heavy atom. The predicted octanol–water partition coefficient (Wildman–Crippen LogP) is 4.15. The van der Waals surface area contributed by atoms with Crippen molar-refractivity contribution in [3.8, 4) is 11.3 Å². The Morgan fingerprint density at radius 1 is 1.11 bits per heavy atom. The lowest BCUT2D eigenvalue weighted by Crippen LogP contribution is -2.14. The summed E-state index contributed by atoms with van der Waals surface area (Å²) in [6.07, 6.45) is 5.98. The first kappa shape index (κ1) is 17.4. The van der Waals surface area contributed by atoms with E-state index in [9.17, 15) is 9.59 Å². The minimum absolute atomic E-state index is 0.162. The predicted molar refractivity (Wildman–Crippen MR) is 108 cm³/mol. The molecule has 0 saturated heterocycles. The van der Waals surface area contributed by atoms with Crippen molar-refractivity contribution >= 4 is 28.6 Å². The molecule has 136 valence electrons. The molecular formula is C22H15N3O3. The van der Waals surface area contributed by atoms with Gasteiger partial charge in [-0.3, -0.25) is 14.6 Å². The first-order chi connectivity index (χ1) is 13.7. The van der Waals surface area contributed by atoms with Gasteiger partial charge >= 0.3 is 0 Å². The van der Waals surface area contributed by atoms with Crippen LogP contribution in [-0.2, 0) is 0 Å². The van der Waals surface area contributed by atoms with Gasteiger partial charge in [-0.25, -0.2) is 4.98 Å². The van der Waals surface area contributed by atoms with E-state index >= 15 is 0 Å². The number of hydrogen-bond acceptors (Lipinski definition) is 5. The number of aromatic nitrogens is 2. The molecule has 28 heavy (non-hydrogen) atoms. The summed E-state index contributed by atoms with van der Waals surface area (Å²) in [4.78, 5) is 33.0. The van der Waals surface area contributed by atoms with Crippen LogP contribution in [-0.4, -0.2) is 15.9 Å². The van der Waals surface area contributed by atoms with Crippen molar-refractivity contribution < 1.29 is 9.21 Å². The van der Waals surface area contributed by atoms with Crippen LogP contribution in [0.4, 0.5) is 5.69 Å². The zero-order valence-corrected chi connectivity index (χ0v) is 14.8. The molecule has 2 aromatic heterocycles. The van der Waals surface area contributed by atoms with Gasteiger partial charge in [0.15, 0.2) is 11.0 Å². The SMILES string of the molecule is C=Cc1ccccc1-c1cc(=O)c2cccc(NC(=O)c3cnccn3)c2o1. The number of para-hydroxylation sites is 1. The first-order valence-electron chi connectivity index (χ1n) is 8.53. The van der Waals surface area contributed by atoms with E-state index < -0.39 is 5.91 Å². The van der Waals surface area contributed by atoms with Crippen LogP contribution in [0.1, 0.15) is 16.1 Å². The standard InChI is InChI=1S/C22H15N3O3/c1-2-14-6-3-4-7-15(14)20-12-19(26)16-8-5-9-17(21(16)28-20)25-22(27)18-13-23-10-11-24-18/h2-13H,1H2,(H,25,27). The maximum Gasteiger partial charge on any atom is 0.275 e. The summed E-state index contributed by atoms with van der Waals surface area (Å²) in [5.41, 5.74) is 2.21. The molecule has 1 N–H and O–H groups in total. The van der Waals surface area contributed by atoms with E-state index in [4.69, 9.17) is 4.42 Å². The van der Waals surface area contributed by atoms with Gasteiger partial charge in [0, 0.05) is 24.0 Å². The molecule has 0 aliphatic heterocycles. The number of rotatable bonds is 4. The largest absolute Gasteiger partial charge is 0.454 e. The molecule has 1 amide bonds. The van der Waals surface area contributed by atoms with Gasteiger partial charge in [-0.15, -0.1) is 0 Å². The fourth-order valence-electron chi connectivity index (χ4n) is 2.91. The zero-order chi connectivity index (χ0) is 19.5. The van der Waals surface area contributed by atoms with Crippen LogP contribution < -0.4 is 10.7 Å². The fraction of sp³-hybridized carbons (Fsp3) is 0. The normalized spacial score (nSPS) is 10.6. The monoisotopic (exact) mass is 369 g/mol. The van der Waals surface area contributed by atoms with Crippen molar-refractivity contribution in [3.05, 3.63) is 95.2 Å². The molecule has 4 aromatic rings. The van der Waals surface area contributed by atoms with Crippen LogP contribution in [0.2, 0.25) is 0 Å². The second-order valence-corrected chi connectivity index (χ2v) is 5.99. The second-order valence-electron chi connectivity index (χ2n) is 5.99. The number of anilines is 1. The summed E-state index contributed by atoms with van der Waals surface area (Å²) in [6, 6.07) is 13.9. The Balaban J connectivity index is 1.85. The smallest absolute Gasteiger partial charge is 0.275 e. The van der Waals surface area contributed by atoms with Crippen LogP contribution in [0.5, 0.6) is 0 Å². The van der Waals surface area contributed by atoms with Crippen molar-refractivity contribution in [2.24, 2.45) is 0 Å². The molecule has 0 fully saturated rings. The molecule has 0 saturated carbocycles. The van der Waals surface area contributed by atoms with Gasteiger partial charge in [0.1, 0.15) is 11.5 Å². The average molecular weight is 369 g/mol. The van der Waals surface area contributed by atoms with E-state index in [0.29, 0.717) is 22.4 Å². The number of nitrogens with zero attached hydrogens (tertiary/aromatic N) is 2. The summed E-state index contributed by atoms with van der Waals surface area (Å²) in [5, 5.41) is 3.11. The van der Waals surface area contributed by atoms with Crippen LogP contribution in [0, 0.1) is 0 Å². The van der Waals surface area contributed by atoms with Gasteiger partial charge < -0.3 is 9.73 Å². The summed E-state index contributed by atoms with van der Waals surface area (Å²) in [6.45, 7) is 3.80. The second kappa shape index (κ2) is 7.28. The minimum atomic E-state index is -0.444. The number of benzene rings is 2. The van der Waals surface area contributed by atoms with E-state index in [1.165, 1.54) is 24.7 Å². The van der Waals surface area contributed by atoms with E-state index in [-0.39, 0.29) is 11.1 Å². The molecule has 6 heteroatoms. The van der Waals surface area contributed by atoms with Gasteiger partial charge in [0.2, 0.25) is 0 Å². The van der Waals surface area contributed by atoms with Gasteiger partial charge in [-0.1, -0.05) is 43.0 Å². The Kier molecular flexibility index (Phi) is 4.51. The molecule has 4 rings (SSSR count). The van der Waals surface area contributed by atoms with E-state index in [1.807, 2.05) is 24.3 Å². The third kappa shape index (κ3) is 3.19. The van der Waals surface area contributed by atoms with Crippen LogP contribution in [0.25, 0.3) is 28.4 Å². The highest BCUT2D eigenvalue weighted by Crippen LogP contribution is 2.29. The van der Waals surface area contributed by atoms with Gasteiger partial charge in [0.05, 0.1) is 17.3 Å². The zero-order valence-electron chi connectivity index (χ0n) is 14.8. The number of carbonyl (C=O) groups is 1. The van der Waals surface area contributed by atoms with Crippen molar-refractivity contribution in [2.75, 3.05) is 5.32 Å². The lowest BCUT2D eigenvalue weighted by Gasteiger charge is -2.10. The van der Waals surface area contributed by atoms with Gasteiger partial charge in [-0.2, -0.15) is 0 Å². The Labute approximate surface area is 160 Å². The third-order valence-electron chi connectivity index (χ3n) is 4.24. The number of carbonyl (C=O) groups excluding carboxylic acids is 1. The molecule has 0 aliphatic carbocycles. The lowest BCUT2D eigenvalue weighted by molar-refractivity contribution is 0.102. The van der Waals surface area contributed by atoms with Gasteiger partial charge in [-0.05, 0) is 17.7 Å². The highest BCUT2D eigenvalue weighted by molar-refractivity contribution is 6.06. The summed E-state index contributed by atoms with van der Waals surface area (Å²) in [5.74, 6) is -0.0469. The summed E-state index contributed by atoms with van der Waals surface area (Å²) < 4.78 is 6.04. The van der Waals surface area contributed by atoms with Gasteiger partial charge in [0.25, 0.3) is 5.91 Å². The number of nitrogens with one attached hydrogen (secondary N) is 1. The molecule has 6 nitrogen and oxygen atoms in total. The van der Waals surface area contributed by atoms with Crippen LogP contribution in [0.3, 0.4) is 0 Å². The molecule has 0 bridgehead atoms. The average Bonchev–Trinajstić information content (AvgIpc) is 2.74. The Bertz CT molecular complexity index is 1250. The quantitative estimate of drug-likeness (QED) is 0.584. The van der Waals surface area contributed by atoms with Crippen molar-refractivity contribution in [3.63, 3.8) is 0 Å². The molecule has 0 radical (unpaired) electrons. The molecule has 0 spiro atoms. The fourth-order valence-corrected chi connectivity index (χ4v) is 2.91. The van der Waals surface area contributed by atoms with E-state index in [2.05, 4.69) is 21.9 Å². The summed E-state index contributed by atoms with van der Waals surface area (Å²) >= 11 is 0. The highest BCUT2D eigenvalue weighted by atomic mass is 16.3. The topological polar surface area (TPSA) is 85.1 Å². The number of amides is 1. The lowest BCUT2D eigenvalue weighted by atomic mass is 10.0. The minimum Gasteiger partial charge on any atom is -0.454 e. The van der Waals surface area contributed by atoms with Crippen molar-refractivity contribution in [2.45, 2.75) is 0 Å². The molecule has 2 aromatic carbocycles. The van der Waals surface area contributed by atoms with E-state index in [0.717, 1.165) is 11.1 Å². The molecule has 0 unspecified atom stereocenters. The summed E-state index contributed by atoms with van der Waals surface area (Å²) in [7, 11) is 0. The molecule has 0 atom stereocenters. The Morgan fingerprint density at radius 2 is 1.96 bits per heavy atom. The number of hydrogen-bond donors (Lipinski definition) is 1. The molecular weight excluding hydrogens is 354 g/mol. The third-order valence-corrected chi connectivity index (χ3v) is 4.24. The molecule has 0 aliphatic rings. The highest BCUT2D eigenvalue weighted by Gasteiger charge is 2.15. The van der Waals surface area contributed by atoms with Crippen molar-refractivity contribution in [1.29, 1.82) is 0 Å². The van der Waals surface area contributed by atoms with Crippen LogP contribution in [0.15, 0.2) is 82.9 Å². The van der Waals surface area contributed by atoms with Crippen molar-refractivity contribution in [1.82, 2.24) is 9.97 Å². The van der Waals surface area contributed by atoms with Crippen LogP contribution >= 0.6 is 0 Å². The maximum absolute atomic E-state index is 12.7. The number of fused-ring (bicyclic) bond motifs is 1. The first-order valence-corrected chi connectivity index (χ1v) is 8.53. The Hall–Kier alpha value is -4.06.